The molecule has 2 N–H and O–H groups in total. The normalized spacial score (nSPS) is 17.3. The number of anilines is 1. The quantitative estimate of drug-likeness (QED) is 0.845. The van der Waals surface area contributed by atoms with Crippen LogP contribution in [0, 0.1) is 0 Å². The maximum atomic E-state index is 12.3. The lowest BCUT2D eigenvalue weighted by Gasteiger charge is -2.22. The summed E-state index contributed by atoms with van der Waals surface area (Å²) in [6, 6.07) is 5.07. The van der Waals surface area contributed by atoms with E-state index in [2.05, 4.69) is 0 Å². The molecule has 0 amide bonds. The van der Waals surface area contributed by atoms with E-state index in [0.29, 0.717) is 43.1 Å². The van der Waals surface area contributed by atoms with Crippen LogP contribution in [0.2, 0.25) is 0 Å². The van der Waals surface area contributed by atoms with Gasteiger partial charge in [0.25, 0.3) is 0 Å². The van der Waals surface area contributed by atoms with Gasteiger partial charge >= 0.3 is 0 Å². The van der Waals surface area contributed by atoms with Crippen molar-refractivity contribution in [3.8, 4) is 5.75 Å². The summed E-state index contributed by atoms with van der Waals surface area (Å²) in [5, 5.41) is -0.311. The van der Waals surface area contributed by atoms with Gasteiger partial charge in [0, 0.05) is 25.0 Å². The fourth-order valence-corrected chi connectivity index (χ4v) is 4.05. The van der Waals surface area contributed by atoms with Crippen LogP contribution in [0.25, 0.3) is 0 Å². The van der Waals surface area contributed by atoms with Crippen molar-refractivity contribution < 1.29 is 17.9 Å². The first-order chi connectivity index (χ1) is 9.01. The second kappa shape index (κ2) is 5.79. The first-order valence-electron chi connectivity index (χ1n) is 6.24. The third-order valence-electron chi connectivity index (χ3n) is 3.27. The van der Waals surface area contributed by atoms with Crippen molar-refractivity contribution in [1.29, 1.82) is 0 Å². The highest BCUT2D eigenvalue weighted by Crippen LogP contribution is 2.24. The van der Waals surface area contributed by atoms with Gasteiger partial charge in [-0.05, 0) is 30.5 Å². The van der Waals surface area contributed by atoms with Gasteiger partial charge in [-0.1, -0.05) is 0 Å². The minimum absolute atomic E-state index is 0.000926. The molecule has 1 aromatic rings. The predicted octanol–water partition coefficient (Wildman–Crippen LogP) is 1.37. The number of benzene rings is 1. The lowest BCUT2D eigenvalue weighted by atomic mass is 10.2. The monoisotopic (exact) mass is 285 g/mol. The summed E-state index contributed by atoms with van der Waals surface area (Å²) in [5.74, 6) is 0.580. The molecule has 1 fully saturated rings. The molecule has 0 atom stereocenters. The Morgan fingerprint density at radius 1 is 1.32 bits per heavy atom. The van der Waals surface area contributed by atoms with Crippen LogP contribution in [-0.2, 0) is 20.3 Å². The van der Waals surface area contributed by atoms with Crippen LogP contribution in [0.1, 0.15) is 18.4 Å². The smallest absolute Gasteiger partial charge is 0.157 e. The highest BCUT2D eigenvalue weighted by molar-refractivity contribution is 7.91. The number of hydrogen-bond acceptors (Lipinski definition) is 5. The molecular formula is C13H19NO4S. The Bertz CT molecular complexity index is 536. The number of nitrogens with two attached hydrogens (primary N) is 1. The molecule has 1 aromatic carbocycles. The zero-order chi connectivity index (χ0) is 13.9. The lowest BCUT2D eigenvalue weighted by molar-refractivity contribution is 0.0983. The number of hydrogen-bond donors (Lipinski definition) is 1. The van der Waals surface area contributed by atoms with E-state index in [9.17, 15) is 8.42 Å². The Kier molecular flexibility index (Phi) is 4.31. The Morgan fingerprint density at radius 3 is 2.63 bits per heavy atom. The van der Waals surface area contributed by atoms with E-state index in [-0.39, 0.29) is 11.0 Å². The standard InChI is InChI=1S/C13H19NO4S/c1-17-12-7-10(6-11(14)8-12)9-19(15,16)13-2-4-18-5-3-13/h6-8,13H,2-5,9,14H2,1H3. The fourth-order valence-electron chi connectivity index (χ4n) is 2.27. The summed E-state index contributed by atoms with van der Waals surface area (Å²) in [6.45, 7) is 1.04. The molecule has 5 nitrogen and oxygen atoms in total. The number of nitrogen functional groups attached to an aromatic ring is 1. The molecule has 0 aromatic heterocycles. The average Bonchev–Trinajstić information content (AvgIpc) is 2.38. The van der Waals surface area contributed by atoms with Crippen LogP contribution in [0.15, 0.2) is 18.2 Å². The van der Waals surface area contributed by atoms with Gasteiger partial charge in [-0.15, -0.1) is 0 Å². The average molecular weight is 285 g/mol. The van der Waals surface area contributed by atoms with Crippen LogP contribution in [0.4, 0.5) is 5.69 Å². The van der Waals surface area contributed by atoms with E-state index in [0.717, 1.165) is 0 Å². The first kappa shape index (κ1) is 14.1. The van der Waals surface area contributed by atoms with Crippen molar-refractivity contribution in [2.45, 2.75) is 23.8 Å². The van der Waals surface area contributed by atoms with Gasteiger partial charge in [-0.2, -0.15) is 0 Å². The number of sulfone groups is 1. The minimum atomic E-state index is -3.17. The van der Waals surface area contributed by atoms with Gasteiger partial charge in [-0.3, -0.25) is 0 Å². The Hall–Kier alpha value is -1.27. The summed E-state index contributed by atoms with van der Waals surface area (Å²) in [4.78, 5) is 0. The van der Waals surface area contributed by atoms with Gasteiger partial charge in [0.05, 0.1) is 18.1 Å². The Morgan fingerprint density at radius 2 is 2.00 bits per heavy atom. The van der Waals surface area contributed by atoms with Crippen molar-refractivity contribution in [1.82, 2.24) is 0 Å². The summed E-state index contributed by atoms with van der Waals surface area (Å²) >= 11 is 0. The predicted molar refractivity (Wildman–Crippen MR) is 73.9 cm³/mol. The molecule has 6 heteroatoms. The molecule has 1 aliphatic rings. The van der Waals surface area contributed by atoms with E-state index < -0.39 is 9.84 Å². The van der Waals surface area contributed by atoms with Crippen molar-refractivity contribution in [3.63, 3.8) is 0 Å². The molecule has 106 valence electrons. The van der Waals surface area contributed by atoms with Crippen LogP contribution in [0.5, 0.6) is 5.75 Å². The van der Waals surface area contributed by atoms with Gasteiger partial charge < -0.3 is 15.2 Å². The number of ether oxygens (including phenoxy) is 2. The number of methoxy groups -OCH3 is 1. The molecule has 19 heavy (non-hydrogen) atoms. The van der Waals surface area contributed by atoms with Crippen LogP contribution in [-0.4, -0.2) is 34.0 Å². The van der Waals surface area contributed by atoms with Gasteiger partial charge in [0.2, 0.25) is 0 Å². The summed E-state index contributed by atoms with van der Waals surface area (Å²) < 4.78 is 35.0. The zero-order valence-corrected chi connectivity index (χ0v) is 11.8. The van der Waals surface area contributed by atoms with Crippen LogP contribution >= 0.6 is 0 Å². The SMILES string of the molecule is COc1cc(N)cc(CS(=O)(=O)C2CCOCC2)c1. The molecule has 0 spiro atoms. The van der Waals surface area contributed by atoms with Crippen molar-refractivity contribution in [2.24, 2.45) is 0 Å². The molecule has 2 rings (SSSR count). The molecule has 0 bridgehead atoms. The second-order valence-corrected chi connectivity index (χ2v) is 7.01. The largest absolute Gasteiger partial charge is 0.497 e. The molecule has 0 aliphatic carbocycles. The molecule has 0 unspecified atom stereocenters. The van der Waals surface area contributed by atoms with Gasteiger partial charge in [-0.25, -0.2) is 8.42 Å². The van der Waals surface area contributed by atoms with Crippen molar-refractivity contribution in [2.75, 3.05) is 26.1 Å². The van der Waals surface area contributed by atoms with Crippen molar-refractivity contribution >= 4 is 15.5 Å². The van der Waals surface area contributed by atoms with Crippen LogP contribution in [0.3, 0.4) is 0 Å². The third kappa shape index (κ3) is 3.61. The molecule has 1 saturated heterocycles. The molecule has 0 saturated carbocycles. The maximum absolute atomic E-state index is 12.3. The van der Waals surface area contributed by atoms with E-state index in [4.69, 9.17) is 15.2 Å². The molecular weight excluding hydrogens is 266 g/mol. The van der Waals surface area contributed by atoms with E-state index in [1.165, 1.54) is 7.11 Å². The highest BCUT2D eigenvalue weighted by Gasteiger charge is 2.27. The molecule has 1 aliphatic heterocycles. The van der Waals surface area contributed by atoms with E-state index >= 15 is 0 Å². The van der Waals surface area contributed by atoms with Crippen LogP contribution < -0.4 is 10.5 Å². The molecule has 0 radical (unpaired) electrons. The summed E-state index contributed by atoms with van der Waals surface area (Å²) in [5.41, 5.74) is 6.92. The van der Waals surface area contributed by atoms with Gasteiger partial charge in [0.15, 0.2) is 9.84 Å². The first-order valence-corrected chi connectivity index (χ1v) is 7.95. The summed E-state index contributed by atoms with van der Waals surface area (Å²) in [6.07, 6.45) is 1.14. The Balaban J connectivity index is 2.17. The van der Waals surface area contributed by atoms with Crippen molar-refractivity contribution in [3.05, 3.63) is 23.8 Å². The topological polar surface area (TPSA) is 78.6 Å². The summed E-state index contributed by atoms with van der Waals surface area (Å²) in [7, 11) is -1.64. The minimum Gasteiger partial charge on any atom is -0.497 e. The number of rotatable bonds is 4. The second-order valence-electron chi connectivity index (χ2n) is 4.73. The lowest BCUT2D eigenvalue weighted by Crippen LogP contribution is -2.29. The highest BCUT2D eigenvalue weighted by atomic mass is 32.2. The maximum Gasteiger partial charge on any atom is 0.157 e. The molecule has 1 heterocycles. The van der Waals surface area contributed by atoms with Gasteiger partial charge in [0.1, 0.15) is 5.75 Å². The fraction of sp³-hybridized carbons (Fsp3) is 0.538. The van der Waals surface area contributed by atoms with E-state index in [1.807, 2.05) is 0 Å². The van der Waals surface area contributed by atoms with E-state index in [1.54, 1.807) is 18.2 Å². The zero-order valence-electron chi connectivity index (χ0n) is 11.0. The third-order valence-corrected chi connectivity index (χ3v) is 5.49. The Labute approximate surface area is 113 Å².